The minimum atomic E-state index is 0. The number of aromatic hydroxyl groups is 1. The zero-order chi connectivity index (χ0) is 6.85. The van der Waals surface area contributed by atoms with Crippen LogP contribution < -0.4 is 0 Å². The van der Waals surface area contributed by atoms with Crippen LogP contribution >= 0.6 is 17.0 Å². The van der Waals surface area contributed by atoms with Crippen LogP contribution in [0.2, 0.25) is 0 Å². The Labute approximate surface area is 108 Å². The number of hydrogen-bond acceptors (Lipinski definition) is 1. The van der Waals surface area contributed by atoms with E-state index in [1.807, 2.05) is 19.9 Å². The first-order valence-corrected chi connectivity index (χ1v) is 2.96. The van der Waals surface area contributed by atoms with Gasteiger partial charge >= 0.3 is 37.7 Å². The van der Waals surface area contributed by atoms with Crippen molar-refractivity contribution in [2.75, 3.05) is 0 Å². The first-order chi connectivity index (χ1) is 4.20. The Balaban J connectivity index is 0. The number of halogens is 1. The van der Waals surface area contributed by atoms with Crippen LogP contribution in [0.3, 0.4) is 0 Å². The van der Waals surface area contributed by atoms with Gasteiger partial charge in [-0.1, -0.05) is 6.07 Å². The van der Waals surface area contributed by atoms with Gasteiger partial charge in [0.1, 0.15) is 5.75 Å². The normalized spacial score (nSPS) is 7.82. The molecule has 0 radical (unpaired) electrons. The molecule has 11 heavy (non-hydrogen) atoms. The second kappa shape index (κ2) is 6.29. The molecule has 0 heterocycles. The van der Waals surface area contributed by atoms with Crippen molar-refractivity contribution in [1.29, 1.82) is 0 Å². The Morgan fingerprint density at radius 3 is 2.00 bits per heavy atom. The van der Waals surface area contributed by atoms with E-state index in [1.165, 1.54) is 5.56 Å². The molecule has 0 amide bonds. The fraction of sp³-hybridized carbons (Fsp3) is 0.250. The van der Waals surface area contributed by atoms with Crippen molar-refractivity contribution in [3.8, 4) is 5.75 Å². The van der Waals surface area contributed by atoms with Gasteiger partial charge in [0.15, 0.2) is 0 Å². The van der Waals surface area contributed by atoms with Crippen molar-refractivity contribution in [1.82, 2.24) is 0 Å². The van der Waals surface area contributed by atoms with Gasteiger partial charge in [-0.2, -0.15) is 0 Å². The van der Waals surface area contributed by atoms with E-state index in [0.717, 1.165) is 5.56 Å². The number of hydrogen-bond donors (Lipinski definition) is 1. The van der Waals surface area contributed by atoms with Gasteiger partial charge in [-0.05, 0) is 37.1 Å². The molecule has 1 N–H and O–H groups in total. The molecule has 0 aliphatic rings. The van der Waals surface area contributed by atoms with E-state index in [9.17, 15) is 0 Å². The summed E-state index contributed by atoms with van der Waals surface area (Å²) in [5.74, 6) is 0.345. The van der Waals surface area contributed by atoms with Gasteiger partial charge in [-0.15, -0.1) is 17.0 Å². The molecule has 1 aromatic carbocycles. The van der Waals surface area contributed by atoms with Gasteiger partial charge in [-0.25, -0.2) is 0 Å². The molecule has 1 aromatic rings. The first-order valence-electron chi connectivity index (χ1n) is 2.96. The monoisotopic (exact) mass is 244 g/mol. The summed E-state index contributed by atoms with van der Waals surface area (Å²) >= 11 is 0. The molecule has 0 fully saturated rings. The molecule has 60 valence electrons. The van der Waals surface area contributed by atoms with Crippen LogP contribution in [0.25, 0.3) is 0 Å². The van der Waals surface area contributed by atoms with Crippen molar-refractivity contribution in [3.63, 3.8) is 0 Å². The van der Waals surface area contributed by atoms with Crippen LogP contribution in [-0.2, 0) is 0 Å². The standard InChI is InChI=1S/C8H10O.BrH.Ca.2H/c1-6-3-4-8(9)5-7(6)2;;;;/h3-5,9H,1-2H3;1H;;;. The fourth-order valence-corrected chi connectivity index (χ4v) is 0.726. The van der Waals surface area contributed by atoms with E-state index in [2.05, 4.69) is 0 Å². The number of benzene rings is 1. The molecule has 0 bridgehead atoms. The Kier molecular flexibility index (Phi) is 8.18. The van der Waals surface area contributed by atoms with Gasteiger partial charge in [0.25, 0.3) is 0 Å². The van der Waals surface area contributed by atoms with E-state index in [-0.39, 0.29) is 54.7 Å². The van der Waals surface area contributed by atoms with Crippen molar-refractivity contribution < 1.29 is 5.11 Å². The van der Waals surface area contributed by atoms with Crippen LogP contribution in [0.5, 0.6) is 5.75 Å². The molecule has 3 heteroatoms. The minimum absolute atomic E-state index is 0. The quantitative estimate of drug-likeness (QED) is 0.689. The molecule has 0 aliphatic carbocycles. The zero-order valence-electron chi connectivity index (χ0n) is 6.09. The SMILES string of the molecule is Br.Cc1ccc(O)cc1C.[CaH2]. The predicted molar refractivity (Wildman–Crippen MR) is 56.4 cm³/mol. The van der Waals surface area contributed by atoms with Gasteiger partial charge in [0, 0.05) is 0 Å². The van der Waals surface area contributed by atoms with Crippen LogP contribution in [0.1, 0.15) is 11.1 Å². The molecule has 0 unspecified atom stereocenters. The number of phenols is 1. The summed E-state index contributed by atoms with van der Waals surface area (Å²) in [7, 11) is 0. The number of aryl methyl sites for hydroxylation is 2. The van der Waals surface area contributed by atoms with Crippen molar-refractivity contribution in [2.45, 2.75) is 13.8 Å². The molecular formula is C8H13BrCaO. The molecule has 0 saturated heterocycles. The third kappa shape index (κ3) is 4.36. The summed E-state index contributed by atoms with van der Waals surface area (Å²) < 4.78 is 0. The molecule has 0 aliphatic heterocycles. The van der Waals surface area contributed by atoms with Crippen molar-refractivity contribution >= 4 is 54.7 Å². The molecule has 1 rings (SSSR count). The second-order valence-electron chi connectivity index (χ2n) is 2.27. The summed E-state index contributed by atoms with van der Waals surface area (Å²) in [6.45, 7) is 4.00. The number of phenolic OH excluding ortho intramolecular Hbond substituents is 1. The fourth-order valence-electron chi connectivity index (χ4n) is 0.726. The summed E-state index contributed by atoms with van der Waals surface area (Å²) in [5, 5.41) is 8.94. The topological polar surface area (TPSA) is 20.2 Å². The average Bonchev–Trinajstić information content (AvgIpc) is 1.80. The van der Waals surface area contributed by atoms with Crippen LogP contribution in [0.15, 0.2) is 18.2 Å². The van der Waals surface area contributed by atoms with Crippen LogP contribution in [0, 0.1) is 13.8 Å². The Hall–Kier alpha value is 0.760. The Morgan fingerprint density at radius 1 is 1.09 bits per heavy atom. The maximum absolute atomic E-state index is 8.94. The molecule has 0 atom stereocenters. The van der Waals surface area contributed by atoms with Crippen molar-refractivity contribution in [3.05, 3.63) is 29.3 Å². The predicted octanol–water partition coefficient (Wildman–Crippen LogP) is 1.67. The van der Waals surface area contributed by atoms with E-state index in [0.29, 0.717) is 5.75 Å². The second-order valence-corrected chi connectivity index (χ2v) is 2.27. The molecule has 0 spiro atoms. The maximum atomic E-state index is 8.94. The van der Waals surface area contributed by atoms with E-state index < -0.39 is 0 Å². The Morgan fingerprint density at radius 2 is 1.64 bits per heavy atom. The van der Waals surface area contributed by atoms with Gasteiger partial charge < -0.3 is 5.11 Å². The third-order valence-corrected chi connectivity index (χ3v) is 1.49. The summed E-state index contributed by atoms with van der Waals surface area (Å²) in [5.41, 5.74) is 2.35. The van der Waals surface area contributed by atoms with E-state index >= 15 is 0 Å². The Bertz CT molecular complexity index is 225. The van der Waals surface area contributed by atoms with E-state index in [1.54, 1.807) is 12.1 Å². The summed E-state index contributed by atoms with van der Waals surface area (Å²) in [4.78, 5) is 0. The van der Waals surface area contributed by atoms with Crippen molar-refractivity contribution in [2.24, 2.45) is 0 Å². The molecular weight excluding hydrogens is 232 g/mol. The summed E-state index contributed by atoms with van der Waals surface area (Å²) in [6, 6.07) is 5.36. The van der Waals surface area contributed by atoms with Gasteiger partial charge in [-0.3, -0.25) is 0 Å². The first kappa shape index (κ1) is 14.3. The van der Waals surface area contributed by atoms with Crippen LogP contribution in [0.4, 0.5) is 0 Å². The molecule has 0 aromatic heterocycles. The van der Waals surface area contributed by atoms with Crippen LogP contribution in [-0.4, -0.2) is 42.8 Å². The average molecular weight is 245 g/mol. The zero-order valence-corrected chi connectivity index (χ0v) is 7.80. The summed E-state index contributed by atoms with van der Waals surface area (Å²) in [6.07, 6.45) is 0. The number of rotatable bonds is 0. The van der Waals surface area contributed by atoms with E-state index in [4.69, 9.17) is 5.11 Å². The van der Waals surface area contributed by atoms with Gasteiger partial charge in [0.05, 0.1) is 0 Å². The molecule has 1 nitrogen and oxygen atoms in total. The van der Waals surface area contributed by atoms with Gasteiger partial charge in [0.2, 0.25) is 0 Å². The third-order valence-electron chi connectivity index (χ3n) is 1.49. The molecule has 0 saturated carbocycles.